The third kappa shape index (κ3) is 4.22. The van der Waals surface area contributed by atoms with Crippen molar-refractivity contribution in [3.05, 3.63) is 70.0 Å². The number of alkyl halides is 3. The molecule has 0 amide bonds. The van der Waals surface area contributed by atoms with E-state index in [2.05, 4.69) is 15.0 Å². The number of nitro benzene ring substituents is 1. The molecule has 0 fully saturated rings. The van der Waals surface area contributed by atoms with Crippen LogP contribution >= 0.6 is 0 Å². The van der Waals surface area contributed by atoms with Crippen molar-refractivity contribution < 1.29 is 22.8 Å². The zero-order valence-electron chi connectivity index (χ0n) is 14.5. The van der Waals surface area contributed by atoms with Crippen LogP contribution in [0.5, 0.6) is 11.6 Å². The van der Waals surface area contributed by atoms with Crippen LogP contribution in [0.3, 0.4) is 0 Å². The van der Waals surface area contributed by atoms with Gasteiger partial charge in [-0.15, -0.1) is 0 Å². The van der Waals surface area contributed by atoms with Gasteiger partial charge in [-0.3, -0.25) is 15.1 Å². The maximum Gasteiger partial charge on any atom is 0.433 e. The van der Waals surface area contributed by atoms with E-state index in [-0.39, 0.29) is 23.0 Å². The number of halogens is 3. The lowest BCUT2D eigenvalue weighted by Gasteiger charge is -2.11. The Morgan fingerprint density at radius 2 is 1.93 bits per heavy atom. The van der Waals surface area contributed by atoms with Gasteiger partial charge >= 0.3 is 11.9 Å². The Kier molecular flexibility index (Phi) is 5.21. The summed E-state index contributed by atoms with van der Waals surface area (Å²) in [5.41, 5.74) is -0.821. The fraction of sp³-hybridized carbons (Fsp3) is 0.167. The van der Waals surface area contributed by atoms with Crippen molar-refractivity contribution in [2.24, 2.45) is 0 Å². The first-order valence-electron chi connectivity index (χ1n) is 8.10. The molecule has 0 aliphatic rings. The second-order valence-electron chi connectivity index (χ2n) is 5.64. The number of pyridine rings is 1. The van der Waals surface area contributed by atoms with E-state index in [0.29, 0.717) is 18.1 Å². The Morgan fingerprint density at radius 3 is 2.54 bits per heavy atom. The summed E-state index contributed by atoms with van der Waals surface area (Å²) >= 11 is 0. The number of aryl methyl sites for hydroxylation is 1. The molecule has 144 valence electrons. The predicted octanol–water partition coefficient (Wildman–Crippen LogP) is 4.82. The van der Waals surface area contributed by atoms with Gasteiger partial charge in [0.15, 0.2) is 11.5 Å². The van der Waals surface area contributed by atoms with Gasteiger partial charge in [-0.05, 0) is 30.2 Å². The van der Waals surface area contributed by atoms with Gasteiger partial charge in [0.05, 0.1) is 4.92 Å². The smallest absolute Gasteiger partial charge is 0.432 e. The summed E-state index contributed by atoms with van der Waals surface area (Å²) in [6.07, 6.45) is -2.83. The topological polar surface area (TPSA) is 91.0 Å². The van der Waals surface area contributed by atoms with Crippen LogP contribution in [-0.2, 0) is 12.6 Å². The summed E-state index contributed by atoms with van der Waals surface area (Å²) in [6, 6.07) is 9.41. The van der Waals surface area contributed by atoms with Crippen LogP contribution in [0.25, 0.3) is 11.5 Å². The molecule has 0 N–H and O–H groups in total. The quantitative estimate of drug-likeness (QED) is 0.458. The molecule has 0 unspecified atom stereocenters. The van der Waals surface area contributed by atoms with E-state index >= 15 is 0 Å². The molecule has 0 aliphatic carbocycles. The fourth-order valence-corrected chi connectivity index (χ4v) is 2.36. The molecule has 1 aromatic carbocycles. The first-order valence-corrected chi connectivity index (χ1v) is 8.10. The number of nitro groups is 1. The standard InChI is InChI=1S/C18H13F3N4O3/c1-2-11-6-7-14(13(9-11)25(26)27)28-16-10-15(18(19,20)21)23-17(24-16)12-5-3-4-8-22-12/h3-10H,2H2,1H3. The van der Waals surface area contributed by atoms with E-state index in [9.17, 15) is 23.3 Å². The molecule has 3 rings (SSSR count). The van der Waals surface area contributed by atoms with Crippen molar-refractivity contribution in [2.75, 3.05) is 0 Å². The van der Waals surface area contributed by atoms with Gasteiger partial charge in [-0.2, -0.15) is 18.2 Å². The van der Waals surface area contributed by atoms with Crippen molar-refractivity contribution in [1.29, 1.82) is 0 Å². The highest BCUT2D eigenvalue weighted by Gasteiger charge is 2.34. The van der Waals surface area contributed by atoms with Crippen molar-refractivity contribution in [3.8, 4) is 23.1 Å². The van der Waals surface area contributed by atoms with E-state index in [1.54, 1.807) is 18.2 Å². The lowest BCUT2D eigenvalue weighted by molar-refractivity contribution is -0.385. The monoisotopic (exact) mass is 390 g/mol. The van der Waals surface area contributed by atoms with Crippen LogP contribution in [0.2, 0.25) is 0 Å². The third-order valence-corrected chi connectivity index (χ3v) is 3.73. The van der Waals surface area contributed by atoms with Gasteiger partial charge in [0.25, 0.3) is 0 Å². The van der Waals surface area contributed by atoms with E-state index in [1.165, 1.54) is 24.4 Å². The number of nitrogens with zero attached hydrogens (tertiary/aromatic N) is 4. The predicted molar refractivity (Wildman–Crippen MR) is 92.8 cm³/mol. The van der Waals surface area contributed by atoms with E-state index in [1.807, 2.05) is 6.92 Å². The van der Waals surface area contributed by atoms with Gasteiger partial charge in [0, 0.05) is 18.3 Å². The van der Waals surface area contributed by atoms with Crippen molar-refractivity contribution in [3.63, 3.8) is 0 Å². The summed E-state index contributed by atoms with van der Waals surface area (Å²) in [5, 5.41) is 11.3. The molecule has 0 saturated carbocycles. The molecule has 0 aliphatic heterocycles. The molecule has 0 spiro atoms. The zero-order valence-corrected chi connectivity index (χ0v) is 14.5. The van der Waals surface area contributed by atoms with Gasteiger partial charge in [-0.1, -0.05) is 19.1 Å². The van der Waals surface area contributed by atoms with E-state index < -0.39 is 22.7 Å². The van der Waals surface area contributed by atoms with Crippen molar-refractivity contribution >= 4 is 5.69 Å². The van der Waals surface area contributed by atoms with Crippen molar-refractivity contribution in [2.45, 2.75) is 19.5 Å². The molecule has 10 heteroatoms. The zero-order chi connectivity index (χ0) is 20.3. The van der Waals surface area contributed by atoms with Gasteiger partial charge in [-0.25, -0.2) is 4.98 Å². The number of rotatable bonds is 5. The first kappa shape index (κ1) is 19.2. The molecule has 0 radical (unpaired) electrons. The largest absolute Gasteiger partial charge is 0.433 e. The minimum absolute atomic E-state index is 0.106. The Bertz CT molecular complexity index is 1010. The first-order chi connectivity index (χ1) is 13.3. The average molecular weight is 390 g/mol. The summed E-state index contributed by atoms with van der Waals surface area (Å²) in [5.74, 6) is -1.01. The normalized spacial score (nSPS) is 11.3. The lowest BCUT2D eigenvalue weighted by Crippen LogP contribution is -2.10. The number of benzene rings is 1. The highest BCUT2D eigenvalue weighted by atomic mass is 19.4. The van der Waals surface area contributed by atoms with Crippen molar-refractivity contribution in [1.82, 2.24) is 15.0 Å². The van der Waals surface area contributed by atoms with E-state index in [0.717, 1.165) is 0 Å². The average Bonchev–Trinajstić information content (AvgIpc) is 2.68. The minimum Gasteiger partial charge on any atom is -0.432 e. The number of hydrogen-bond acceptors (Lipinski definition) is 6. The molecule has 2 aromatic heterocycles. The summed E-state index contributed by atoms with van der Waals surface area (Å²) in [6.45, 7) is 1.82. The maximum absolute atomic E-state index is 13.2. The molecule has 28 heavy (non-hydrogen) atoms. The summed E-state index contributed by atoms with van der Waals surface area (Å²) in [7, 11) is 0. The van der Waals surface area contributed by atoms with Crippen LogP contribution in [0.4, 0.5) is 18.9 Å². The summed E-state index contributed by atoms with van der Waals surface area (Å²) < 4.78 is 45.1. The molecule has 0 atom stereocenters. The Balaban J connectivity index is 2.08. The minimum atomic E-state index is -4.76. The summed E-state index contributed by atoms with van der Waals surface area (Å²) in [4.78, 5) is 22.0. The molecule has 0 bridgehead atoms. The molecule has 0 saturated heterocycles. The lowest BCUT2D eigenvalue weighted by atomic mass is 10.1. The SMILES string of the molecule is CCc1ccc(Oc2cc(C(F)(F)F)nc(-c3ccccn3)n2)c([N+](=O)[O-])c1. The molecular weight excluding hydrogens is 377 g/mol. The fourth-order valence-electron chi connectivity index (χ4n) is 2.36. The Labute approximate surface area is 157 Å². The maximum atomic E-state index is 13.2. The van der Waals surface area contributed by atoms with Crippen LogP contribution < -0.4 is 4.74 Å². The van der Waals surface area contributed by atoms with E-state index in [4.69, 9.17) is 4.74 Å². The molecule has 3 aromatic rings. The number of hydrogen-bond donors (Lipinski definition) is 0. The second-order valence-corrected chi connectivity index (χ2v) is 5.64. The Morgan fingerprint density at radius 1 is 1.14 bits per heavy atom. The number of aromatic nitrogens is 3. The van der Waals surface area contributed by atoms with Crippen LogP contribution in [0.1, 0.15) is 18.2 Å². The highest BCUT2D eigenvalue weighted by molar-refractivity contribution is 5.52. The molecule has 7 nitrogen and oxygen atoms in total. The van der Waals surface area contributed by atoms with Crippen LogP contribution in [0.15, 0.2) is 48.7 Å². The second kappa shape index (κ2) is 7.59. The van der Waals surface area contributed by atoms with Gasteiger partial charge < -0.3 is 4.74 Å². The third-order valence-electron chi connectivity index (χ3n) is 3.73. The van der Waals surface area contributed by atoms with Gasteiger partial charge in [0.1, 0.15) is 5.69 Å². The molecular formula is C18H13F3N4O3. The Hall–Kier alpha value is -3.56. The van der Waals surface area contributed by atoms with Gasteiger partial charge in [0.2, 0.25) is 11.6 Å². The molecule has 2 heterocycles. The number of ether oxygens (including phenoxy) is 1. The highest BCUT2D eigenvalue weighted by Crippen LogP contribution is 2.35. The van der Waals surface area contributed by atoms with Crippen LogP contribution in [-0.4, -0.2) is 19.9 Å². The van der Waals surface area contributed by atoms with Crippen LogP contribution in [0, 0.1) is 10.1 Å².